The van der Waals surface area contributed by atoms with Crippen molar-refractivity contribution in [2.45, 2.75) is 25.9 Å². The van der Waals surface area contributed by atoms with Crippen LogP contribution in [0.5, 0.6) is 0 Å². The highest BCUT2D eigenvalue weighted by Gasteiger charge is 2.36. The summed E-state index contributed by atoms with van der Waals surface area (Å²) in [6.07, 6.45) is 1.04. The Morgan fingerprint density at radius 3 is 2.53 bits per heavy atom. The summed E-state index contributed by atoms with van der Waals surface area (Å²) in [7, 11) is 1.96. The second-order valence-corrected chi connectivity index (χ2v) is 5.13. The van der Waals surface area contributed by atoms with Crippen molar-refractivity contribution in [3.05, 3.63) is 35.4 Å². The van der Waals surface area contributed by atoms with Gasteiger partial charge in [0.05, 0.1) is 19.1 Å². The lowest BCUT2D eigenvalue weighted by Crippen LogP contribution is -2.40. The molecule has 1 N–H and O–H groups in total. The summed E-state index contributed by atoms with van der Waals surface area (Å²) < 4.78 is 5.30. The van der Waals surface area contributed by atoms with Gasteiger partial charge in [0.2, 0.25) is 0 Å². The Bertz CT molecular complexity index is 430. The smallest absolute Gasteiger partial charge is 0.310 e. The summed E-state index contributed by atoms with van der Waals surface area (Å²) >= 11 is 0. The fourth-order valence-electron chi connectivity index (χ4n) is 2.50. The van der Waals surface area contributed by atoms with Crippen LogP contribution in [0.15, 0.2) is 24.3 Å². The van der Waals surface area contributed by atoms with Gasteiger partial charge in [-0.15, -0.1) is 0 Å². The molecule has 0 bridgehead atoms. The molecule has 0 amide bonds. The first-order valence-corrected chi connectivity index (χ1v) is 6.70. The van der Waals surface area contributed by atoms with E-state index in [1.54, 1.807) is 0 Å². The fraction of sp³-hybridized carbons (Fsp3) is 0.533. The van der Waals surface area contributed by atoms with Crippen molar-refractivity contribution in [3.8, 4) is 0 Å². The molecule has 19 heavy (non-hydrogen) atoms. The van der Waals surface area contributed by atoms with E-state index in [9.17, 15) is 4.79 Å². The number of aryl methyl sites for hydroxylation is 1. The Morgan fingerprint density at radius 1 is 1.32 bits per heavy atom. The molecule has 2 rings (SSSR count). The minimum atomic E-state index is -0.768. The van der Waals surface area contributed by atoms with Crippen LogP contribution in [-0.2, 0) is 22.5 Å². The van der Waals surface area contributed by atoms with Gasteiger partial charge in [-0.1, -0.05) is 31.2 Å². The number of carboxylic acids is 1. The van der Waals surface area contributed by atoms with Gasteiger partial charge in [-0.05, 0) is 24.6 Å². The van der Waals surface area contributed by atoms with Crippen LogP contribution in [0, 0.1) is 5.92 Å². The lowest BCUT2D eigenvalue weighted by atomic mass is 10.0. The van der Waals surface area contributed by atoms with Gasteiger partial charge in [-0.3, -0.25) is 9.69 Å². The van der Waals surface area contributed by atoms with Crippen LogP contribution in [0.1, 0.15) is 18.1 Å². The maximum atomic E-state index is 11.1. The molecule has 0 aromatic heterocycles. The van der Waals surface area contributed by atoms with Crippen LogP contribution in [0.25, 0.3) is 0 Å². The van der Waals surface area contributed by atoms with E-state index < -0.39 is 11.9 Å². The predicted molar refractivity (Wildman–Crippen MR) is 73.0 cm³/mol. The van der Waals surface area contributed by atoms with Crippen molar-refractivity contribution in [2.75, 3.05) is 20.3 Å². The van der Waals surface area contributed by atoms with Crippen molar-refractivity contribution < 1.29 is 14.6 Å². The molecule has 0 radical (unpaired) electrons. The average Bonchev–Trinajstić information content (AvgIpc) is 2.89. The third kappa shape index (κ3) is 3.33. The first kappa shape index (κ1) is 14.0. The quantitative estimate of drug-likeness (QED) is 0.879. The number of ether oxygens (including phenoxy) is 1. The Morgan fingerprint density at radius 2 is 1.95 bits per heavy atom. The van der Waals surface area contributed by atoms with Gasteiger partial charge in [-0.25, -0.2) is 0 Å². The Hall–Kier alpha value is -1.39. The molecular weight excluding hydrogens is 242 g/mol. The van der Waals surface area contributed by atoms with E-state index in [1.165, 1.54) is 11.1 Å². The van der Waals surface area contributed by atoms with Gasteiger partial charge in [-0.2, -0.15) is 0 Å². The Balaban J connectivity index is 1.99. The first-order chi connectivity index (χ1) is 9.11. The molecular formula is C15H21NO3. The van der Waals surface area contributed by atoms with Crippen LogP contribution in [0.2, 0.25) is 0 Å². The molecule has 4 nitrogen and oxygen atoms in total. The lowest BCUT2D eigenvalue weighted by molar-refractivity contribution is -0.143. The van der Waals surface area contributed by atoms with Crippen LogP contribution in [0.4, 0.5) is 0 Å². The van der Waals surface area contributed by atoms with Gasteiger partial charge in [0.25, 0.3) is 0 Å². The SMILES string of the molecule is CCc1ccc(CN(C)C2COCC2C(=O)O)cc1. The van der Waals surface area contributed by atoms with Crippen LogP contribution >= 0.6 is 0 Å². The zero-order valence-corrected chi connectivity index (χ0v) is 11.5. The van der Waals surface area contributed by atoms with Crippen molar-refractivity contribution in [2.24, 2.45) is 5.92 Å². The molecule has 0 aliphatic carbocycles. The number of benzene rings is 1. The largest absolute Gasteiger partial charge is 0.481 e. The van der Waals surface area contributed by atoms with Crippen LogP contribution in [0.3, 0.4) is 0 Å². The van der Waals surface area contributed by atoms with E-state index in [0.29, 0.717) is 13.2 Å². The Labute approximate surface area is 114 Å². The van der Waals surface area contributed by atoms with Gasteiger partial charge >= 0.3 is 5.97 Å². The molecule has 1 aromatic carbocycles. The van der Waals surface area contributed by atoms with Gasteiger partial charge in [0.15, 0.2) is 0 Å². The van der Waals surface area contributed by atoms with E-state index in [-0.39, 0.29) is 6.04 Å². The summed E-state index contributed by atoms with van der Waals surface area (Å²) in [5, 5.41) is 9.16. The fourth-order valence-corrected chi connectivity index (χ4v) is 2.50. The highest BCUT2D eigenvalue weighted by Crippen LogP contribution is 2.20. The molecule has 2 unspecified atom stereocenters. The maximum absolute atomic E-state index is 11.1. The van der Waals surface area contributed by atoms with Gasteiger partial charge in [0, 0.05) is 12.6 Å². The molecule has 4 heteroatoms. The third-order valence-corrected chi connectivity index (χ3v) is 3.80. The number of hydrogen-bond acceptors (Lipinski definition) is 3. The predicted octanol–water partition coefficient (Wildman–Crippen LogP) is 1.78. The topological polar surface area (TPSA) is 49.8 Å². The highest BCUT2D eigenvalue weighted by molar-refractivity contribution is 5.71. The third-order valence-electron chi connectivity index (χ3n) is 3.80. The summed E-state index contributed by atoms with van der Waals surface area (Å²) in [6, 6.07) is 8.44. The molecule has 2 atom stereocenters. The average molecular weight is 263 g/mol. The molecule has 1 fully saturated rings. The highest BCUT2D eigenvalue weighted by atomic mass is 16.5. The number of aliphatic carboxylic acids is 1. The monoisotopic (exact) mass is 263 g/mol. The first-order valence-electron chi connectivity index (χ1n) is 6.70. The second kappa shape index (κ2) is 6.17. The minimum absolute atomic E-state index is 0.0386. The number of carbonyl (C=O) groups is 1. The van der Waals surface area contributed by atoms with Gasteiger partial charge in [0.1, 0.15) is 0 Å². The minimum Gasteiger partial charge on any atom is -0.481 e. The number of likely N-dealkylation sites (N-methyl/N-ethyl adjacent to an activating group) is 1. The molecule has 1 aliphatic heterocycles. The zero-order valence-electron chi connectivity index (χ0n) is 11.5. The Kier molecular flexibility index (Phi) is 4.56. The van der Waals surface area contributed by atoms with Crippen molar-refractivity contribution in [1.82, 2.24) is 4.90 Å². The number of hydrogen-bond donors (Lipinski definition) is 1. The zero-order chi connectivity index (χ0) is 13.8. The molecule has 1 saturated heterocycles. The summed E-state index contributed by atoms with van der Waals surface area (Å²) in [6.45, 7) is 3.70. The number of rotatable bonds is 5. The van der Waals surface area contributed by atoms with E-state index >= 15 is 0 Å². The molecule has 104 valence electrons. The summed E-state index contributed by atoms with van der Waals surface area (Å²) in [4.78, 5) is 13.2. The molecule has 1 aliphatic rings. The van der Waals surface area contributed by atoms with E-state index in [1.807, 2.05) is 7.05 Å². The van der Waals surface area contributed by atoms with E-state index in [0.717, 1.165) is 13.0 Å². The van der Waals surface area contributed by atoms with Crippen molar-refractivity contribution in [1.29, 1.82) is 0 Å². The van der Waals surface area contributed by atoms with Crippen LogP contribution < -0.4 is 0 Å². The molecule has 0 spiro atoms. The number of carboxylic acid groups (broad SMARTS) is 1. The van der Waals surface area contributed by atoms with Crippen LogP contribution in [-0.4, -0.2) is 42.3 Å². The van der Waals surface area contributed by atoms with Crippen molar-refractivity contribution >= 4 is 5.97 Å². The molecule has 1 heterocycles. The number of nitrogens with zero attached hydrogens (tertiary/aromatic N) is 1. The van der Waals surface area contributed by atoms with Gasteiger partial charge < -0.3 is 9.84 Å². The van der Waals surface area contributed by atoms with E-state index in [4.69, 9.17) is 9.84 Å². The second-order valence-electron chi connectivity index (χ2n) is 5.13. The standard InChI is InChI=1S/C15H21NO3/c1-3-11-4-6-12(7-5-11)8-16(2)14-10-19-9-13(14)15(17)18/h4-7,13-14H,3,8-10H2,1-2H3,(H,17,18). The lowest BCUT2D eigenvalue weighted by Gasteiger charge is -2.26. The molecule has 1 aromatic rings. The summed E-state index contributed by atoms with van der Waals surface area (Å²) in [5.41, 5.74) is 2.52. The molecule has 0 saturated carbocycles. The van der Waals surface area contributed by atoms with E-state index in [2.05, 4.69) is 36.1 Å². The van der Waals surface area contributed by atoms with Crippen molar-refractivity contribution in [3.63, 3.8) is 0 Å². The summed E-state index contributed by atoms with van der Waals surface area (Å²) in [5.74, 6) is -1.18. The normalized spacial score (nSPS) is 22.9. The maximum Gasteiger partial charge on any atom is 0.310 e.